The van der Waals surface area contributed by atoms with Crippen LogP contribution < -0.4 is 5.32 Å². The molecule has 3 unspecified atom stereocenters. The van der Waals surface area contributed by atoms with Crippen LogP contribution in [0, 0.1) is 5.82 Å². The van der Waals surface area contributed by atoms with E-state index in [0.717, 1.165) is 62.1 Å². The van der Waals surface area contributed by atoms with Gasteiger partial charge in [0.15, 0.2) is 0 Å². The van der Waals surface area contributed by atoms with Crippen LogP contribution in [0.25, 0.3) is 0 Å². The van der Waals surface area contributed by atoms with E-state index in [-0.39, 0.29) is 18.8 Å². The highest BCUT2D eigenvalue weighted by atomic mass is 19.1. The van der Waals surface area contributed by atoms with E-state index in [1.807, 2.05) is 18.7 Å². The highest BCUT2D eigenvalue weighted by Gasteiger charge is 2.40. The minimum Gasteiger partial charge on any atom is -0.480 e. The zero-order valence-corrected chi connectivity index (χ0v) is 23.9. The highest BCUT2D eigenvalue weighted by Crippen LogP contribution is 2.36. The summed E-state index contributed by atoms with van der Waals surface area (Å²) in [5.74, 6) is -0.386. The first kappa shape index (κ1) is 28.9. The maximum absolute atomic E-state index is 14.7. The molecular weight excluding hydrogens is 513 g/mol. The second kappa shape index (κ2) is 12.5. The summed E-state index contributed by atoms with van der Waals surface area (Å²) in [5.41, 5.74) is 3.92. The Morgan fingerprint density at radius 3 is 2.95 bits per heavy atom. The first-order valence-electron chi connectivity index (χ1n) is 14.5. The van der Waals surface area contributed by atoms with E-state index >= 15 is 0 Å². The van der Waals surface area contributed by atoms with Gasteiger partial charge in [0.2, 0.25) is 0 Å². The van der Waals surface area contributed by atoms with Crippen molar-refractivity contribution in [3.8, 4) is 0 Å². The van der Waals surface area contributed by atoms with Crippen LogP contribution in [0.4, 0.5) is 10.2 Å². The van der Waals surface area contributed by atoms with Gasteiger partial charge < -0.3 is 24.6 Å². The summed E-state index contributed by atoms with van der Waals surface area (Å²) in [7, 11) is 1.64. The number of carboxylic acids is 1. The molecule has 3 atom stereocenters. The first-order chi connectivity index (χ1) is 19.2. The Balaban J connectivity index is 1.17. The van der Waals surface area contributed by atoms with Crippen molar-refractivity contribution in [1.29, 1.82) is 0 Å². The van der Waals surface area contributed by atoms with Crippen LogP contribution in [0.15, 0.2) is 24.3 Å². The highest BCUT2D eigenvalue weighted by molar-refractivity contribution is 5.76. The predicted molar refractivity (Wildman–Crippen MR) is 150 cm³/mol. The van der Waals surface area contributed by atoms with Crippen molar-refractivity contribution in [3.63, 3.8) is 0 Å². The molecule has 0 amide bonds. The molecular formula is C31H42FN3O5. The fraction of sp³-hybridized carbons (Fsp3) is 0.613. The number of pyridine rings is 1. The number of fused-ring (bicyclic) bond motifs is 2. The van der Waals surface area contributed by atoms with E-state index in [2.05, 4.69) is 17.4 Å². The van der Waals surface area contributed by atoms with Gasteiger partial charge in [-0.1, -0.05) is 6.07 Å². The lowest BCUT2D eigenvalue weighted by atomic mass is 9.85. The fourth-order valence-corrected chi connectivity index (χ4v) is 6.13. The number of nitrogens with one attached hydrogen (secondary N) is 1. The number of methoxy groups -OCH3 is 1. The zero-order chi connectivity index (χ0) is 28.3. The smallest absolute Gasteiger partial charge is 0.325 e. The summed E-state index contributed by atoms with van der Waals surface area (Å²) in [6.45, 7) is 6.83. The van der Waals surface area contributed by atoms with E-state index in [0.29, 0.717) is 37.2 Å². The molecule has 1 aromatic heterocycles. The third-order valence-corrected chi connectivity index (χ3v) is 8.68. The summed E-state index contributed by atoms with van der Waals surface area (Å²) in [6.07, 6.45) is 5.98. The maximum atomic E-state index is 14.7. The number of benzene rings is 1. The van der Waals surface area contributed by atoms with Crippen molar-refractivity contribution < 1.29 is 28.5 Å². The maximum Gasteiger partial charge on any atom is 0.325 e. The number of unbranched alkanes of at least 4 members (excludes halogenated alkanes) is 1. The molecule has 3 aliphatic rings. The van der Waals surface area contributed by atoms with Gasteiger partial charge in [-0.25, -0.2) is 9.37 Å². The number of carboxylic acid groups (broad SMARTS) is 1. The molecule has 218 valence electrons. The van der Waals surface area contributed by atoms with E-state index in [4.69, 9.17) is 19.2 Å². The van der Waals surface area contributed by atoms with Crippen LogP contribution in [-0.4, -0.2) is 72.1 Å². The molecule has 0 spiro atoms. The Morgan fingerprint density at radius 2 is 2.15 bits per heavy atom. The molecule has 2 N–H and O–H groups in total. The van der Waals surface area contributed by atoms with Gasteiger partial charge in [0.05, 0.1) is 24.4 Å². The summed E-state index contributed by atoms with van der Waals surface area (Å²) < 4.78 is 32.4. The number of nitrogens with zero attached hydrogens (tertiary/aromatic N) is 2. The molecule has 5 rings (SSSR count). The molecule has 4 heterocycles. The lowest BCUT2D eigenvalue weighted by molar-refractivity contribution is -0.143. The molecule has 1 fully saturated rings. The minimum absolute atomic E-state index is 0.0409. The number of ether oxygens (including phenoxy) is 3. The average Bonchev–Trinajstić information content (AvgIpc) is 3.40. The van der Waals surface area contributed by atoms with E-state index < -0.39 is 23.4 Å². The number of hydrogen-bond donors (Lipinski definition) is 2. The van der Waals surface area contributed by atoms with Gasteiger partial charge in [0.25, 0.3) is 0 Å². The standard InChI is InChI=1S/C31H42FN3O5/c1-31(2,38-3)27-17-25-21(19-40-27)15-22(32)16-26(25)28(30(36)37)35-13-11-24(18-35)39-14-5-4-8-23-10-9-20-7-6-12-33-29(20)34-23/h9-10,15-16,24,27-28H,4-8,11-14,17-19H2,1-3H3,(H,33,34)(H,36,37). The van der Waals surface area contributed by atoms with Crippen LogP contribution >= 0.6 is 0 Å². The summed E-state index contributed by atoms with van der Waals surface area (Å²) in [5, 5.41) is 13.7. The van der Waals surface area contributed by atoms with E-state index in [1.54, 1.807) is 7.11 Å². The molecule has 0 radical (unpaired) electrons. The number of aliphatic carboxylic acids is 1. The zero-order valence-electron chi connectivity index (χ0n) is 23.9. The second-order valence-corrected chi connectivity index (χ2v) is 11.8. The molecule has 1 aromatic carbocycles. The van der Waals surface area contributed by atoms with E-state index in [9.17, 15) is 14.3 Å². The van der Waals surface area contributed by atoms with Crippen molar-refractivity contribution >= 4 is 11.8 Å². The van der Waals surface area contributed by atoms with Crippen LogP contribution in [0.1, 0.15) is 73.5 Å². The Labute approximate surface area is 236 Å². The van der Waals surface area contributed by atoms with Crippen molar-refractivity contribution in [3.05, 3.63) is 58.0 Å². The number of hydrogen-bond acceptors (Lipinski definition) is 7. The summed E-state index contributed by atoms with van der Waals surface area (Å²) in [4.78, 5) is 19.3. The van der Waals surface area contributed by atoms with Gasteiger partial charge >= 0.3 is 5.97 Å². The summed E-state index contributed by atoms with van der Waals surface area (Å²) in [6, 6.07) is 6.22. The minimum atomic E-state index is -0.977. The predicted octanol–water partition coefficient (Wildman–Crippen LogP) is 4.68. The molecule has 9 heteroatoms. The van der Waals surface area contributed by atoms with Crippen molar-refractivity contribution in [2.75, 3.05) is 38.7 Å². The first-order valence-corrected chi connectivity index (χ1v) is 14.5. The van der Waals surface area contributed by atoms with Crippen LogP contribution in [0.3, 0.4) is 0 Å². The molecule has 0 saturated carbocycles. The normalized spacial score (nSPS) is 21.9. The van der Waals surface area contributed by atoms with Crippen LogP contribution in [0.2, 0.25) is 0 Å². The van der Waals surface area contributed by atoms with Crippen molar-refractivity contribution in [1.82, 2.24) is 9.88 Å². The third-order valence-electron chi connectivity index (χ3n) is 8.68. The number of likely N-dealkylation sites (tertiary alicyclic amines) is 1. The Kier molecular flexibility index (Phi) is 9.05. The Bertz CT molecular complexity index is 1210. The fourth-order valence-electron chi connectivity index (χ4n) is 6.13. The van der Waals surface area contributed by atoms with Crippen molar-refractivity contribution in [2.45, 2.75) is 89.3 Å². The van der Waals surface area contributed by atoms with Crippen molar-refractivity contribution in [2.24, 2.45) is 0 Å². The largest absolute Gasteiger partial charge is 0.480 e. The molecule has 40 heavy (non-hydrogen) atoms. The van der Waals surface area contributed by atoms with Gasteiger partial charge in [0.1, 0.15) is 17.7 Å². The third kappa shape index (κ3) is 6.48. The quantitative estimate of drug-likeness (QED) is 0.386. The second-order valence-electron chi connectivity index (χ2n) is 11.8. The lowest BCUT2D eigenvalue weighted by Gasteiger charge is -2.38. The number of halogens is 1. The van der Waals surface area contributed by atoms with Gasteiger partial charge in [-0.3, -0.25) is 9.69 Å². The molecule has 1 saturated heterocycles. The topological polar surface area (TPSA) is 93.2 Å². The van der Waals surface area contributed by atoms with Gasteiger partial charge in [-0.2, -0.15) is 0 Å². The number of aromatic nitrogens is 1. The van der Waals surface area contributed by atoms with Gasteiger partial charge in [0, 0.05) is 45.5 Å². The van der Waals surface area contributed by atoms with E-state index in [1.165, 1.54) is 17.7 Å². The van der Waals surface area contributed by atoms with Gasteiger partial charge in [-0.05, 0) is 92.8 Å². The van der Waals surface area contributed by atoms with Crippen LogP contribution in [-0.2, 0) is 44.9 Å². The molecule has 0 bridgehead atoms. The molecule has 2 aromatic rings. The lowest BCUT2D eigenvalue weighted by Crippen LogP contribution is -2.44. The molecule has 0 aliphatic carbocycles. The van der Waals surface area contributed by atoms with Gasteiger partial charge in [-0.15, -0.1) is 0 Å². The number of carbonyl (C=O) groups is 1. The molecule has 3 aliphatic heterocycles. The number of aryl methyl sites for hydroxylation is 2. The summed E-state index contributed by atoms with van der Waals surface area (Å²) >= 11 is 0. The molecule has 8 nitrogen and oxygen atoms in total. The monoisotopic (exact) mass is 555 g/mol. The Morgan fingerprint density at radius 1 is 1.30 bits per heavy atom. The number of rotatable bonds is 11. The SMILES string of the molecule is COC(C)(C)C1Cc2c(cc(F)cc2C(C(=O)O)N2CCC(OCCCCc3ccc4c(n3)NCCC4)C2)CO1. The number of anilines is 1. The Hall–Kier alpha value is -2.59. The average molecular weight is 556 g/mol. The van der Waals surface area contributed by atoms with Crippen LogP contribution in [0.5, 0.6) is 0 Å².